The molecule has 17 heavy (non-hydrogen) atoms. The van der Waals surface area contributed by atoms with Crippen molar-refractivity contribution in [3.8, 4) is 0 Å². The zero-order valence-corrected chi connectivity index (χ0v) is 12.9. The molecule has 0 aliphatic heterocycles. The van der Waals surface area contributed by atoms with Gasteiger partial charge in [-0.3, -0.25) is 0 Å². The fourth-order valence-electron chi connectivity index (χ4n) is 1.60. The number of hydrogen-bond donors (Lipinski definition) is 1. The SMILES string of the molecule is CN(C)Cc1ccccc1C[Se]CC(C)(C)O. The number of nitrogens with zero attached hydrogens (tertiary/aromatic N) is 1. The molecule has 1 aromatic rings. The first-order valence-corrected chi connectivity index (χ1v) is 8.32. The maximum atomic E-state index is 9.72. The fraction of sp³-hybridized carbons (Fsp3) is 0.571. The quantitative estimate of drug-likeness (QED) is 0.814. The van der Waals surface area contributed by atoms with Crippen LogP contribution in [0.5, 0.6) is 0 Å². The Bertz CT molecular complexity index is 344. The van der Waals surface area contributed by atoms with Crippen LogP contribution >= 0.6 is 0 Å². The normalized spacial score (nSPS) is 12.1. The van der Waals surface area contributed by atoms with Crippen molar-refractivity contribution in [1.82, 2.24) is 4.90 Å². The molecule has 0 aliphatic carbocycles. The minimum atomic E-state index is -0.517. The molecule has 0 aliphatic rings. The first-order valence-electron chi connectivity index (χ1n) is 5.90. The zero-order chi connectivity index (χ0) is 12.9. The van der Waals surface area contributed by atoms with E-state index in [-0.39, 0.29) is 0 Å². The molecule has 96 valence electrons. The van der Waals surface area contributed by atoms with E-state index >= 15 is 0 Å². The van der Waals surface area contributed by atoms with Crippen LogP contribution in [0.25, 0.3) is 0 Å². The molecule has 3 heteroatoms. The molecule has 0 fully saturated rings. The van der Waals surface area contributed by atoms with Crippen molar-refractivity contribution in [2.45, 2.75) is 36.6 Å². The third-order valence-corrected chi connectivity index (χ3v) is 5.31. The molecule has 0 radical (unpaired) electrons. The van der Waals surface area contributed by atoms with E-state index in [9.17, 15) is 5.11 Å². The molecule has 1 aromatic carbocycles. The van der Waals surface area contributed by atoms with E-state index in [0.29, 0.717) is 15.0 Å². The first kappa shape index (κ1) is 14.7. The van der Waals surface area contributed by atoms with Crippen molar-refractivity contribution in [1.29, 1.82) is 0 Å². The fourth-order valence-corrected chi connectivity index (χ4v) is 3.92. The molecule has 0 spiro atoms. The van der Waals surface area contributed by atoms with Crippen LogP contribution in [0.2, 0.25) is 5.32 Å². The standard InChI is InChI=1S/C14H23NOSe/c1-14(2,16)11-17-10-13-8-6-5-7-12(13)9-15(3)4/h5-8,16H,9-11H2,1-4H3. The van der Waals surface area contributed by atoms with Crippen LogP contribution < -0.4 is 0 Å². The minimum absolute atomic E-state index is 0.473. The monoisotopic (exact) mass is 301 g/mol. The summed E-state index contributed by atoms with van der Waals surface area (Å²) in [4.78, 5) is 2.20. The van der Waals surface area contributed by atoms with Gasteiger partial charge in [0.05, 0.1) is 0 Å². The Kier molecular flexibility index (Phi) is 5.67. The van der Waals surface area contributed by atoms with Crippen molar-refractivity contribution in [3.05, 3.63) is 35.4 Å². The van der Waals surface area contributed by atoms with E-state index in [0.717, 1.165) is 17.2 Å². The summed E-state index contributed by atoms with van der Waals surface area (Å²) in [6.07, 6.45) is 0. The van der Waals surface area contributed by atoms with Crippen molar-refractivity contribution >= 4 is 15.0 Å². The number of aliphatic hydroxyl groups is 1. The van der Waals surface area contributed by atoms with Gasteiger partial charge in [0, 0.05) is 0 Å². The molecule has 0 heterocycles. The van der Waals surface area contributed by atoms with Gasteiger partial charge in [-0.25, -0.2) is 0 Å². The first-order chi connectivity index (χ1) is 7.88. The van der Waals surface area contributed by atoms with Gasteiger partial charge < -0.3 is 0 Å². The molecule has 0 saturated heterocycles. The second-order valence-electron chi connectivity index (χ2n) is 5.31. The number of benzene rings is 1. The average molecular weight is 300 g/mol. The Labute approximate surface area is 111 Å². The zero-order valence-electron chi connectivity index (χ0n) is 11.2. The molecule has 0 saturated carbocycles. The van der Waals surface area contributed by atoms with E-state index in [1.54, 1.807) is 0 Å². The van der Waals surface area contributed by atoms with E-state index < -0.39 is 5.60 Å². The van der Waals surface area contributed by atoms with Crippen LogP contribution in [0.1, 0.15) is 25.0 Å². The molecule has 1 N–H and O–H groups in total. The predicted octanol–water partition coefficient (Wildman–Crippen LogP) is 2.14. The van der Waals surface area contributed by atoms with Gasteiger partial charge in [0.2, 0.25) is 0 Å². The second-order valence-corrected chi connectivity index (χ2v) is 7.38. The Balaban J connectivity index is 2.58. The summed E-state index contributed by atoms with van der Waals surface area (Å²) in [5.74, 6) is 0. The van der Waals surface area contributed by atoms with Gasteiger partial charge in [-0.1, -0.05) is 0 Å². The summed E-state index contributed by atoms with van der Waals surface area (Å²) in [6, 6.07) is 8.63. The van der Waals surface area contributed by atoms with Crippen LogP contribution in [0.15, 0.2) is 24.3 Å². The Morgan fingerprint density at radius 3 is 2.29 bits per heavy atom. The van der Waals surface area contributed by atoms with E-state index in [1.807, 2.05) is 13.8 Å². The van der Waals surface area contributed by atoms with Gasteiger partial charge in [0.15, 0.2) is 0 Å². The Hall–Kier alpha value is -0.341. The van der Waals surface area contributed by atoms with Gasteiger partial charge in [-0.15, -0.1) is 0 Å². The van der Waals surface area contributed by atoms with Gasteiger partial charge in [-0.2, -0.15) is 0 Å². The number of rotatable bonds is 6. The Morgan fingerprint density at radius 1 is 1.18 bits per heavy atom. The van der Waals surface area contributed by atoms with Crippen molar-refractivity contribution in [3.63, 3.8) is 0 Å². The van der Waals surface area contributed by atoms with Crippen molar-refractivity contribution < 1.29 is 5.11 Å². The summed E-state index contributed by atoms with van der Waals surface area (Å²) in [6.45, 7) is 4.77. The third-order valence-electron chi connectivity index (χ3n) is 2.32. The number of hydrogen-bond acceptors (Lipinski definition) is 2. The summed E-state index contributed by atoms with van der Waals surface area (Å²) in [7, 11) is 4.19. The molecule has 1 rings (SSSR count). The van der Waals surface area contributed by atoms with Crippen LogP contribution in [0.4, 0.5) is 0 Å². The van der Waals surface area contributed by atoms with E-state index in [1.165, 1.54) is 11.1 Å². The summed E-state index contributed by atoms with van der Waals surface area (Å²) in [5, 5.41) is 11.7. The van der Waals surface area contributed by atoms with Crippen LogP contribution in [-0.4, -0.2) is 44.7 Å². The van der Waals surface area contributed by atoms with Crippen LogP contribution in [-0.2, 0) is 11.9 Å². The van der Waals surface area contributed by atoms with Crippen LogP contribution in [0, 0.1) is 0 Å². The predicted molar refractivity (Wildman–Crippen MR) is 74.4 cm³/mol. The molecule has 0 atom stereocenters. The average Bonchev–Trinajstić information content (AvgIpc) is 2.18. The van der Waals surface area contributed by atoms with Gasteiger partial charge in [0.1, 0.15) is 0 Å². The van der Waals surface area contributed by atoms with Crippen molar-refractivity contribution in [2.24, 2.45) is 0 Å². The molecule has 0 aromatic heterocycles. The second kappa shape index (κ2) is 6.55. The third kappa shape index (κ3) is 6.23. The summed E-state index contributed by atoms with van der Waals surface area (Å²) in [5.41, 5.74) is 2.33. The summed E-state index contributed by atoms with van der Waals surface area (Å²) < 4.78 is 0. The molecule has 0 amide bonds. The molecular formula is C14H23NOSe. The maximum absolute atomic E-state index is 9.72. The summed E-state index contributed by atoms with van der Waals surface area (Å²) >= 11 is 0.473. The Morgan fingerprint density at radius 2 is 1.76 bits per heavy atom. The van der Waals surface area contributed by atoms with Gasteiger partial charge in [0.25, 0.3) is 0 Å². The molecule has 0 bridgehead atoms. The topological polar surface area (TPSA) is 23.5 Å². The molecular weight excluding hydrogens is 277 g/mol. The van der Waals surface area contributed by atoms with Crippen molar-refractivity contribution in [2.75, 3.05) is 14.1 Å². The van der Waals surface area contributed by atoms with Crippen LogP contribution in [0.3, 0.4) is 0 Å². The van der Waals surface area contributed by atoms with Gasteiger partial charge in [-0.05, 0) is 0 Å². The molecule has 2 nitrogen and oxygen atoms in total. The molecule has 0 unspecified atom stereocenters. The van der Waals surface area contributed by atoms with E-state index in [2.05, 4.69) is 43.3 Å². The van der Waals surface area contributed by atoms with E-state index in [4.69, 9.17) is 0 Å². The van der Waals surface area contributed by atoms with Gasteiger partial charge >= 0.3 is 111 Å².